The number of nitrogens with zero attached hydrogens (tertiary/aromatic N) is 1. The molecule has 118 valence electrons. The Labute approximate surface area is 127 Å². The first-order valence-electron chi connectivity index (χ1n) is 7.55. The van der Waals surface area contributed by atoms with Gasteiger partial charge in [-0.2, -0.15) is 0 Å². The summed E-state index contributed by atoms with van der Waals surface area (Å²) in [5.74, 6) is 0.630. The van der Waals surface area contributed by atoms with Gasteiger partial charge in [0.1, 0.15) is 5.75 Å². The van der Waals surface area contributed by atoms with Gasteiger partial charge in [0, 0.05) is 12.6 Å². The van der Waals surface area contributed by atoms with Crippen molar-refractivity contribution in [1.82, 2.24) is 10.2 Å². The monoisotopic (exact) mass is 293 g/mol. The molecule has 1 rings (SSSR count). The van der Waals surface area contributed by atoms with Gasteiger partial charge in [-0.05, 0) is 32.1 Å². The molecular formula is C16H27N3O2. The summed E-state index contributed by atoms with van der Waals surface area (Å²) in [5, 5.41) is 2.99. The van der Waals surface area contributed by atoms with Crippen LogP contribution in [0, 0.1) is 0 Å². The molecule has 1 aromatic rings. The number of nitrogen functional groups attached to an aromatic ring is 1. The Balaban J connectivity index is 2.26. The number of benzene rings is 1. The van der Waals surface area contributed by atoms with Gasteiger partial charge in [0.15, 0.2) is 0 Å². The molecule has 1 amide bonds. The molecular weight excluding hydrogens is 266 g/mol. The zero-order valence-electron chi connectivity index (χ0n) is 13.3. The summed E-state index contributed by atoms with van der Waals surface area (Å²) in [6.45, 7) is 9.45. The second-order valence-corrected chi connectivity index (χ2v) is 5.09. The molecule has 1 atom stereocenters. The molecule has 0 aromatic heterocycles. The van der Waals surface area contributed by atoms with Crippen LogP contribution in [0.25, 0.3) is 0 Å². The van der Waals surface area contributed by atoms with Crippen LogP contribution in [0.15, 0.2) is 24.3 Å². The minimum absolute atomic E-state index is 0.00385. The van der Waals surface area contributed by atoms with E-state index in [0.717, 1.165) is 19.6 Å². The summed E-state index contributed by atoms with van der Waals surface area (Å²) in [6, 6.07) is 7.43. The van der Waals surface area contributed by atoms with Crippen molar-refractivity contribution in [3.8, 4) is 5.75 Å². The van der Waals surface area contributed by atoms with Gasteiger partial charge >= 0.3 is 0 Å². The number of ether oxygens (including phenoxy) is 1. The Hall–Kier alpha value is -1.75. The Bertz CT molecular complexity index is 433. The molecule has 0 saturated heterocycles. The lowest BCUT2D eigenvalue weighted by Gasteiger charge is -2.23. The maximum Gasteiger partial charge on any atom is 0.223 e. The van der Waals surface area contributed by atoms with E-state index in [4.69, 9.17) is 10.5 Å². The zero-order valence-corrected chi connectivity index (χ0v) is 13.3. The first-order valence-corrected chi connectivity index (χ1v) is 7.55. The zero-order chi connectivity index (χ0) is 15.7. The molecule has 21 heavy (non-hydrogen) atoms. The molecule has 0 saturated carbocycles. The number of para-hydroxylation sites is 2. The third-order valence-electron chi connectivity index (χ3n) is 3.34. The van der Waals surface area contributed by atoms with Crippen LogP contribution in [-0.4, -0.2) is 43.1 Å². The van der Waals surface area contributed by atoms with E-state index in [1.54, 1.807) is 12.1 Å². The van der Waals surface area contributed by atoms with Crippen molar-refractivity contribution in [2.45, 2.75) is 33.2 Å². The average Bonchev–Trinajstić information content (AvgIpc) is 2.46. The van der Waals surface area contributed by atoms with E-state index in [1.807, 2.05) is 19.1 Å². The molecule has 0 aliphatic heterocycles. The van der Waals surface area contributed by atoms with Gasteiger partial charge in [-0.15, -0.1) is 0 Å². The lowest BCUT2D eigenvalue weighted by Crippen LogP contribution is -2.42. The Kier molecular flexibility index (Phi) is 7.61. The molecule has 0 aliphatic rings. The van der Waals surface area contributed by atoms with Crippen molar-refractivity contribution in [3.63, 3.8) is 0 Å². The highest BCUT2D eigenvalue weighted by Crippen LogP contribution is 2.19. The van der Waals surface area contributed by atoms with Crippen LogP contribution in [0.1, 0.15) is 27.2 Å². The van der Waals surface area contributed by atoms with Crippen molar-refractivity contribution < 1.29 is 9.53 Å². The average molecular weight is 293 g/mol. The van der Waals surface area contributed by atoms with Crippen molar-refractivity contribution in [2.75, 3.05) is 32.0 Å². The molecule has 5 heteroatoms. The van der Waals surface area contributed by atoms with Crippen molar-refractivity contribution in [3.05, 3.63) is 24.3 Å². The molecule has 0 spiro atoms. The minimum atomic E-state index is 0.00385. The van der Waals surface area contributed by atoms with Gasteiger partial charge < -0.3 is 20.7 Å². The van der Waals surface area contributed by atoms with E-state index in [-0.39, 0.29) is 11.9 Å². The molecule has 0 heterocycles. The summed E-state index contributed by atoms with van der Waals surface area (Å²) >= 11 is 0. The highest BCUT2D eigenvalue weighted by Gasteiger charge is 2.10. The summed E-state index contributed by atoms with van der Waals surface area (Å²) in [7, 11) is 0. The number of hydrogen-bond donors (Lipinski definition) is 2. The Morgan fingerprint density at radius 3 is 2.62 bits per heavy atom. The number of amides is 1. The van der Waals surface area contributed by atoms with Crippen LogP contribution in [0.4, 0.5) is 5.69 Å². The van der Waals surface area contributed by atoms with E-state index in [2.05, 4.69) is 24.1 Å². The maximum atomic E-state index is 11.8. The van der Waals surface area contributed by atoms with Gasteiger partial charge in [-0.3, -0.25) is 4.79 Å². The summed E-state index contributed by atoms with van der Waals surface area (Å²) in [6.07, 6.45) is 0.330. The number of rotatable bonds is 9. The fraction of sp³-hybridized carbons (Fsp3) is 0.562. The molecule has 3 N–H and O–H groups in total. The van der Waals surface area contributed by atoms with Crippen molar-refractivity contribution in [1.29, 1.82) is 0 Å². The second-order valence-electron chi connectivity index (χ2n) is 5.09. The SMILES string of the molecule is CCN(CC)CC(C)NC(=O)CCOc1ccccc1N. The number of anilines is 1. The predicted octanol–water partition coefficient (Wildman–Crippen LogP) is 1.88. The quantitative estimate of drug-likeness (QED) is 0.682. The lowest BCUT2D eigenvalue weighted by atomic mass is 10.2. The molecule has 0 fully saturated rings. The number of hydrogen-bond acceptors (Lipinski definition) is 4. The van der Waals surface area contributed by atoms with E-state index in [1.165, 1.54) is 0 Å². The van der Waals surface area contributed by atoms with Crippen LogP contribution in [-0.2, 0) is 4.79 Å². The summed E-state index contributed by atoms with van der Waals surface area (Å²) < 4.78 is 5.52. The summed E-state index contributed by atoms with van der Waals surface area (Å²) in [5.41, 5.74) is 6.36. The van der Waals surface area contributed by atoms with Crippen LogP contribution < -0.4 is 15.8 Å². The first-order chi connectivity index (χ1) is 10.1. The number of carbonyl (C=O) groups excluding carboxylic acids is 1. The molecule has 0 aliphatic carbocycles. The molecule has 0 bridgehead atoms. The van der Waals surface area contributed by atoms with E-state index >= 15 is 0 Å². The van der Waals surface area contributed by atoms with Crippen LogP contribution in [0.2, 0.25) is 0 Å². The highest BCUT2D eigenvalue weighted by molar-refractivity contribution is 5.76. The Morgan fingerprint density at radius 2 is 2.00 bits per heavy atom. The number of likely N-dealkylation sites (N-methyl/N-ethyl adjacent to an activating group) is 1. The topological polar surface area (TPSA) is 67.6 Å². The normalized spacial score (nSPS) is 12.2. The van der Waals surface area contributed by atoms with Crippen LogP contribution in [0.3, 0.4) is 0 Å². The Morgan fingerprint density at radius 1 is 1.33 bits per heavy atom. The standard InChI is InChI=1S/C16H27N3O2/c1-4-19(5-2)12-13(3)18-16(20)10-11-21-15-9-7-6-8-14(15)17/h6-9,13H,4-5,10-12,17H2,1-3H3,(H,18,20). The maximum absolute atomic E-state index is 11.8. The van der Waals surface area contributed by atoms with Gasteiger partial charge in [-0.1, -0.05) is 26.0 Å². The summed E-state index contributed by atoms with van der Waals surface area (Å²) in [4.78, 5) is 14.1. The number of nitrogens with one attached hydrogen (secondary N) is 1. The van der Waals surface area contributed by atoms with E-state index in [9.17, 15) is 4.79 Å². The largest absolute Gasteiger partial charge is 0.491 e. The molecule has 1 aromatic carbocycles. The van der Waals surface area contributed by atoms with Gasteiger partial charge in [-0.25, -0.2) is 0 Å². The second kappa shape index (κ2) is 9.23. The van der Waals surface area contributed by atoms with Gasteiger partial charge in [0.2, 0.25) is 5.91 Å². The fourth-order valence-corrected chi connectivity index (χ4v) is 2.13. The first kappa shape index (κ1) is 17.3. The molecule has 0 radical (unpaired) electrons. The fourth-order valence-electron chi connectivity index (χ4n) is 2.13. The van der Waals surface area contributed by atoms with E-state index < -0.39 is 0 Å². The van der Waals surface area contributed by atoms with Gasteiger partial charge in [0.25, 0.3) is 0 Å². The van der Waals surface area contributed by atoms with Crippen molar-refractivity contribution in [2.24, 2.45) is 0 Å². The predicted molar refractivity (Wildman–Crippen MR) is 86.4 cm³/mol. The van der Waals surface area contributed by atoms with Crippen LogP contribution in [0.5, 0.6) is 5.75 Å². The number of carbonyl (C=O) groups is 1. The smallest absolute Gasteiger partial charge is 0.223 e. The third-order valence-corrected chi connectivity index (χ3v) is 3.34. The minimum Gasteiger partial charge on any atom is -0.491 e. The third kappa shape index (κ3) is 6.49. The molecule has 5 nitrogen and oxygen atoms in total. The highest BCUT2D eigenvalue weighted by atomic mass is 16.5. The van der Waals surface area contributed by atoms with Gasteiger partial charge in [0.05, 0.1) is 18.7 Å². The molecule has 1 unspecified atom stereocenters. The van der Waals surface area contributed by atoms with Crippen molar-refractivity contribution >= 4 is 11.6 Å². The van der Waals surface area contributed by atoms with E-state index in [0.29, 0.717) is 24.5 Å². The lowest BCUT2D eigenvalue weighted by molar-refractivity contribution is -0.122. The van der Waals surface area contributed by atoms with Crippen LogP contribution >= 0.6 is 0 Å². The number of nitrogens with two attached hydrogens (primary N) is 1.